The summed E-state index contributed by atoms with van der Waals surface area (Å²) in [5.41, 5.74) is 2.97. The Morgan fingerprint density at radius 2 is 1.95 bits per heavy atom. The van der Waals surface area contributed by atoms with E-state index in [9.17, 15) is 9.90 Å². The standard InChI is InChI=1S/C17H25NO2/c1-12-8-9-15(10-13(12)2)17(20)18-11-16(19)14-6-4-3-5-7-14/h8-10,14,16,19H,3-7,11H2,1-2H3,(H,18,20). The molecule has 0 aromatic heterocycles. The van der Waals surface area contributed by atoms with Crippen molar-refractivity contribution in [1.29, 1.82) is 0 Å². The Hall–Kier alpha value is -1.35. The van der Waals surface area contributed by atoms with Crippen LogP contribution in [0.3, 0.4) is 0 Å². The van der Waals surface area contributed by atoms with Crippen LogP contribution in [-0.4, -0.2) is 23.7 Å². The number of rotatable bonds is 4. The number of aryl methyl sites for hydroxylation is 2. The zero-order chi connectivity index (χ0) is 14.5. The molecule has 1 aromatic carbocycles. The normalized spacial score (nSPS) is 17.8. The average molecular weight is 275 g/mol. The molecule has 3 heteroatoms. The van der Waals surface area contributed by atoms with Gasteiger partial charge in [0.25, 0.3) is 5.91 Å². The van der Waals surface area contributed by atoms with Crippen molar-refractivity contribution < 1.29 is 9.90 Å². The van der Waals surface area contributed by atoms with Gasteiger partial charge < -0.3 is 10.4 Å². The number of aliphatic hydroxyl groups excluding tert-OH is 1. The Kier molecular flexibility index (Phi) is 5.18. The molecule has 1 atom stereocenters. The molecule has 20 heavy (non-hydrogen) atoms. The lowest BCUT2D eigenvalue weighted by atomic mass is 9.85. The molecule has 1 aliphatic rings. The van der Waals surface area contributed by atoms with Crippen LogP contribution in [0.5, 0.6) is 0 Å². The van der Waals surface area contributed by atoms with Crippen LogP contribution in [0.15, 0.2) is 18.2 Å². The summed E-state index contributed by atoms with van der Waals surface area (Å²) in [5, 5.41) is 13.0. The van der Waals surface area contributed by atoms with Gasteiger partial charge in [0, 0.05) is 12.1 Å². The molecule has 1 aromatic rings. The Balaban J connectivity index is 1.86. The number of hydrogen-bond acceptors (Lipinski definition) is 2. The molecular formula is C17H25NO2. The van der Waals surface area contributed by atoms with Crippen LogP contribution in [0.4, 0.5) is 0 Å². The van der Waals surface area contributed by atoms with Crippen molar-refractivity contribution in [3.05, 3.63) is 34.9 Å². The van der Waals surface area contributed by atoms with Crippen LogP contribution in [0.2, 0.25) is 0 Å². The van der Waals surface area contributed by atoms with E-state index in [1.54, 1.807) is 0 Å². The second kappa shape index (κ2) is 6.89. The lowest BCUT2D eigenvalue weighted by Crippen LogP contribution is -2.37. The molecule has 1 saturated carbocycles. The fraction of sp³-hybridized carbons (Fsp3) is 0.588. The molecule has 0 saturated heterocycles. The van der Waals surface area contributed by atoms with Gasteiger partial charge in [0.2, 0.25) is 0 Å². The maximum Gasteiger partial charge on any atom is 0.251 e. The molecule has 0 radical (unpaired) electrons. The first-order valence-corrected chi connectivity index (χ1v) is 7.61. The van der Waals surface area contributed by atoms with Crippen LogP contribution >= 0.6 is 0 Å². The number of nitrogens with one attached hydrogen (secondary N) is 1. The van der Waals surface area contributed by atoms with Gasteiger partial charge >= 0.3 is 0 Å². The van der Waals surface area contributed by atoms with Gasteiger partial charge in [-0.2, -0.15) is 0 Å². The molecule has 1 unspecified atom stereocenters. The van der Waals surface area contributed by atoms with Crippen LogP contribution in [0.25, 0.3) is 0 Å². The number of carbonyl (C=O) groups is 1. The number of aliphatic hydroxyl groups is 1. The molecule has 0 bridgehead atoms. The van der Waals surface area contributed by atoms with E-state index in [1.165, 1.54) is 24.8 Å². The van der Waals surface area contributed by atoms with E-state index in [1.807, 2.05) is 32.0 Å². The molecule has 3 nitrogen and oxygen atoms in total. The summed E-state index contributed by atoms with van der Waals surface area (Å²) in [4.78, 5) is 12.1. The van der Waals surface area contributed by atoms with E-state index in [2.05, 4.69) is 5.32 Å². The van der Waals surface area contributed by atoms with Crippen molar-refractivity contribution >= 4 is 5.91 Å². The molecule has 0 aliphatic heterocycles. The van der Waals surface area contributed by atoms with Gasteiger partial charge in [0.15, 0.2) is 0 Å². The third-order valence-electron chi connectivity index (χ3n) is 4.43. The summed E-state index contributed by atoms with van der Waals surface area (Å²) in [6.45, 7) is 4.39. The van der Waals surface area contributed by atoms with E-state index < -0.39 is 6.10 Å². The van der Waals surface area contributed by atoms with Crippen molar-refractivity contribution in [3.8, 4) is 0 Å². The Labute approximate surface area is 121 Å². The molecule has 1 fully saturated rings. The first-order chi connectivity index (χ1) is 9.58. The first-order valence-electron chi connectivity index (χ1n) is 7.61. The van der Waals surface area contributed by atoms with Crippen LogP contribution in [0.1, 0.15) is 53.6 Å². The lowest BCUT2D eigenvalue weighted by Gasteiger charge is -2.26. The average Bonchev–Trinajstić information content (AvgIpc) is 2.48. The van der Waals surface area contributed by atoms with E-state index in [-0.39, 0.29) is 5.91 Å². The fourth-order valence-electron chi connectivity index (χ4n) is 2.87. The highest BCUT2D eigenvalue weighted by Gasteiger charge is 2.22. The lowest BCUT2D eigenvalue weighted by molar-refractivity contribution is 0.0738. The van der Waals surface area contributed by atoms with Gasteiger partial charge in [0.05, 0.1) is 6.10 Å². The maximum atomic E-state index is 12.1. The number of carbonyl (C=O) groups excluding carboxylic acids is 1. The highest BCUT2D eigenvalue weighted by Crippen LogP contribution is 2.26. The Morgan fingerprint density at radius 3 is 2.60 bits per heavy atom. The zero-order valence-corrected chi connectivity index (χ0v) is 12.5. The SMILES string of the molecule is Cc1ccc(C(=O)NCC(O)C2CCCCC2)cc1C. The smallest absolute Gasteiger partial charge is 0.251 e. The maximum absolute atomic E-state index is 12.1. The Bertz CT molecular complexity index is 464. The second-order valence-corrected chi connectivity index (χ2v) is 5.97. The van der Waals surface area contributed by atoms with Gasteiger partial charge in [-0.3, -0.25) is 4.79 Å². The number of hydrogen-bond donors (Lipinski definition) is 2. The monoisotopic (exact) mass is 275 g/mol. The highest BCUT2D eigenvalue weighted by molar-refractivity contribution is 5.94. The van der Waals surface area contributed by atoms with Crippen molar-refractivity contribution in [1.82, 2.24) is 5.32 Å². The van der Waals surface area contributed by atoms with E-state index in [4.69, 9.17) is 0 Å². The minimum atomic E-state index is -0.411. The molecule has 0 heterocycles. The van der Waals surface area contributed by atoms with E-state index in [0.29, 0.717) is 18.0 Å². The molecule has 2 N–H and O–H groups in total. The topological polar surface area (TPSA) is 49.3 Å². The summed E-state index contributed by atoms with van der Waals surface area (Å²) < 4.78 is 0. The summed E-state index contributed by atoms with van der Waals surface area (Å²) in [6.07, 6.45) is 5.44. The van der Waals surface area contributed by atoms with Crippen LogP contribution in [-0.2, 0) is 0 Å². The van der Waals surface area contributed by atoms with Gasteiger partial charge in [-0.25, -0.2) is 0 Å². The third kappa shape index (κ3) is 3.83. The number of amides is 1. The quantitative estimate of drug-likeness (QED) is 0.887. The molecule has 0 spiro atoms. The molecule has 110 valence electrons. The fourth-order valence-corrected chi connectivity index (χ4v) is 2.87. The van der Waals surface area contributed by atoms with Crippen molar-refractivity contribution in [2.75, 3.05) is 6.54 Å². The Morgan fingerprint density at radius 1 is 1.25 bits per heavy atom. The second-order valence-electron chi connectivity index (χ2n) is 5.97. The zero-order valence-electron chi connectivity index (χ0n) is 12.5. The van der Waals surface area contributed by atoms with Gasteiger partial charge in [-0.15, -0.1) is 0 Å². The van der Waals surface area contributed by atoms with Crippen molar-refractivity contribution in [2.24, 2.45) is 5.92 Å². The van der Waals surface area contributed by atoms with E-state index in [0.717, 1.165) is 18.4 Å². The number of benzene rings is 1. The predicted octanol–water partition coefficient (Wildman–Crippen LogP) is 2.97. The summed E-state index contributed by atoms with van der Waals surface area (Å²) >= 11 is 0. The van der Waals surface area contributed by atoms with Crippen LogP contribution in [0, 0.1) is 19.8 Å². The minimum Gasteiger partial charge on any atom is -0.391 e. The van der Waals surface area contributed by atoms with Gasteiger partial charge in [0.1, 0.15) is 0 Å². The third-order valence-corrected chi connectivity index (χ3v) is 4.43. The summed E-state index contributed by atoms with van der Waals surface area (Å²) in [5.74, 6) is 0.256. The molecule has 2 rings (SSSR count). The molecule has 1 amide bonds. The molecule has 1 aliphatic carbocycles. The molecular weight excluding hydrogens is 250 g/mol. The predicted molar refractivity (Wildman–Crippen MR) is 80.8 cm³/mol. The first kappa shape index (κ1) is 15.0. The summed E-state index contributed by atoms with van der Waals surface area (Å²) in [7, 11) is 0. The van der Waals surface area contributed by atoms with Crippen molar-refractivity contribution in [2.45, 2.75) is 52.1 Å². The van der Waals surface area contributed by atoms with Gasteiger partial charge in [-0.1, -0.05) is 25.3 Å². The summed E-state index contributed by atoms with van der Waals surface area (Å²) in [6, 6.07) is 5.70. The van der Waals surface area contributed by atoms with Crippen molar-refractivity contribution in [3.63, 3.8) is 0 Å². The van der Waals surface area contributed by atoms with Crippen LogP contribution < -0.4 is 5.32 Å². The van der Waals surface area contributed by atoms with E-state index >= 15 is 0 Å². The highest BCUT2D eigenvalue weighted by atomic mass is 16.3. The largest absolute Gasteiger partial charge is 0.391 e. The minimum absolute atomic E-state index is 0.0945. The van der Waals surface area contributed by atoms with Gasteiger partial charge in [-0.05, 0) is 55.9 Å².